The van der Waals surface area contributed by atoms with Gasteiger partial charge in [-0.05, 0) is 38.2 Å². The summed E-state index contributed by atoms with van der Waals surface area (Å²) in [6.07, 6.45) is 5.91. The SMILES string of the molecule is CCOC1(C(=O)c2ccncc2F)CCCC(C)C1. The minimum absolute atomic E-state index is 0.0950. The molecule has 0 spiro atoms. The molecule has 2 unspecified atom stereocenters. The Morgan fingerprint density at radius 2 is 2.42 bits per heavy atom. The molecule has 3 nitrogen and oxygen atoms in total. The van der Waals surface area contributed by atoms with Crippen LogP contribution in [0.5, 0.6) is 0 Å². The molecule has 0 aromatic carbocycles. The third-order valence-corrected chi connectivity index (χ3v) is 3.81. The number of rotatable bonds is 4. The fourth-order valence-electron chi connectivity index (χ4n) is 2.99. The third-order valence-electron chi connectivity index (χ3n) is 3.81. The molecule has 0 bridgehead atoms. The number of halogens is 1. The van der Waals surface area contributed by atoms with Crippen LogP contribution in [0.25, 0.3) is 0 Å². The number of carbonyl (C=O) groups is 1. The molecule has 0 radical (unpaired) electrons. The largest absolute Gasteiger partial charge is 0.367 e. The lowest BCUT2D eigenvalue weighted by molar-refractivity contribution is -0.0513. The first-order chi connectivity index (χ1) is 9.09. The zero-order valence-electron chi connectivity index (χ0n) is 11.5. The highest BCUT2D eigenvalue weighted by Gasteiger charge is 2.43. The number of carbonyl (C=O) groups excluding carboxylic acids is 1. The van der Waals surface area contributed by atoms with E-state index in [9.17, 15) is 9.18 Å². The first-order valence-electron chi connectivity index (χ1n) is 6.87. The monoisotopic (exact) mass is 265 g/mol. The Bertz CT molecular complexity index is 459. The molecular weight excluding hydrogens is 245 g/mol. The minimum atomic E-state index is -0.853. The first-order valence-corrected chi connectivity index (χ1v) is 6.87. The van der Waals surface area contributed by atoms with Gasteiger partial charge in [0.15, 0.2) is 11.6 Å². The van der Waals surface area contributed by atoms with Gasteiger partial charge in [-0.3, -0.25) is 9.78 Å². The molecule has 1 aliphatic carbocycles. The molecule has 1 aliphatic rings. The number of hydrogen-bond acceptors (Lipinski definition) is 3. The highest BCUT2D eigenvalue weighted by atomic mass is 19.1. The van der Waals surface area contributed by atoms with Gasteiger partial charge >= 0.3 is 0 Å². The van der Waals surface area contributed by atoms with Crippen LogP contribution in [0, 0.1) is 11.7 Å². The lowest BCUT2D eigenvalue weighted by atomic mass is 9.75. The fourth-order valence-corrected chi connectivity index (χ4v) is 2.99. The van der Waals surface area contributed by atoms with Gasteiger partial charge in [-0.15, -0.1) is 0 Å². The summed E-state index contributed by atoms with van der Waals surface area (Å²) in [6.45, 7) is 4.45. The Kier molecular flexibility index (Phi) is 4.30. The number of pyridine rings is 1. The van der Waals surface area contributed by atoms with Crippen molar-refractivity contribution in [2.24, 2.45) is 5.92 Å². The van der Waals surface area contributed by atoms with E-state index in [2.05, 4.69) is 11.9 Å². The standard InChI is InChI=1S/C15H20FNO2/c1-3-19-15(7-4-5-11(2)9-15)14(18)12-6-8-17-10-13(12)16/h6,8,10-11H,3-5,7,9H2,1-2H3. The van der Waals surface area contributed by atoms with Gasteiger partial charge in [0.1, 0.15) is 5.60 Å². The van der Waals surface area contributed by atoms with Gasteiger partial charge in [-0.2, -0.15) is 0 Å². The number of hydrogen-bond donors (Lipinski definition) is 0. The molecule has 0 aliphatic heterocycles. The van der Waals surface area contributed by atoms with Gasteiger partial charge in [0.25, 0.3) is 0 Å². The maximum Gasteiger partial charge on any atom is 0.197 e. The van der Waals surface area contributed by atoms with Crippen LogP contribution in [-0.2, 0) is 4.74 Å². The van der Waals surface area contributed by atoms with Crippen LogP contribution in [-0.4, -0.2) is 23.0 Å². The second-order valence-electron chi connectivity index (χ2n) is 5.31. The van der Waals surface area contributed by atoms with Gasteiger partial charge in [0, 0.05) is 12.8 Å². The molecule has 1 fully saturated rings. The molecule has 4 heteroatoms. The van der Waals surface area contributed by atoms with E-state index in [1.807, 2.05) is 6.92 Å². The Balaban J connectivity index is 2.33. The molecule has 0 N–H and O–H groups in total. The van der Waals surface area contributed by atoms with Crippen LogP contribution in [0.3, 0.4) is 0 Å². The topological polar surface area (TPSA) is 39.2 Å². The normalized spacial score (nSPS) is 27.2. The molecule has 1 aromatic heterocycles. The van der Waals surface area contributed by atoms with E-state index in [0.717, 1.165) is 19.0 Å². The first kappa shape index (κ1) is 14.1. The number of ketones is 1. The maximum absolute atomic E-state index is 13.8. The molecule has 2 atom stereocenters. The van der Waals surface area contributed by atoms with E-state index in [1.54, 1.807) is 0 Å². The van der Waals surface area contributed by atoms with E-state index in [1.165, 1.54) is 12.3 Å². The van der Waals surface area contributed by atoms with Crippen LogP contribution < -0.4 is 0 Å². The van der Waals surface area contributed by atoms with E-state index in [4.69, 9.17) is 4.74 Å². The van der Waals surface area contributed by atoms with Crippen LogP contribution in [0.2, 0.25) is 0 Å². The van der Waals surface area contributed by atoms with Gasteiger partial charge in [0.05, 0.1) is 11.8 Å². The van der Waals surface area contributed by atoms with Gasteiger partial charge in [-0.25, -0.2) is 4.39 Å². The third kappa shape index (κ3) is 2.84. The average molecular weight is 265 g/mol. The van der Waals surface area contributed by atoms with Crippen molar-refractivity contribution < 1.29 is 13.9 Å². The van der Waals surface area contributed by atoms with E-state index in [0.29, 0.717) is 25.4 Å². The highest BCUT2D eigenvalue weighted by molar-refractivity contribution is 6.02. The zero-order valence-corrected chi connectivity index (χ0v) is 11.5. The predicted octanol–water partition coefficient (Wildman–Crippen LogP) is 3.39. The van der Waals surface area contributed by atoms with E-state index in [-0.39, 0.29) is 11.3 Å². The van der Waals surface area contributed by atoms with Crippen molar-refractivity contribution in [2.75, 3.05) is 6.61 Å². The van der Waals surface area contributed by atoms with Crippen LogP contribution >= 0.6 is 0 Å². The van der Waals surface area contributed by atoms with Crippen LogP contribution in [0.4, 0.5) is 4.39 Å². The summed E-state index contributed by atoms with van der Waals surface area (Å²) in [5, 5.41) is 0. The molecule has 104 valence electrons. The zero-order chi connectivity index (χ0) is 13.9. The number of ether oxygens (including phenoxy) is 1. The van der Waals surface area contributed by atoms with Crippen molar-refractivity contribution in [3.8, 4) is 0 Å². The summed E-state index contributed by atoms with van der Waals surface area (Å²) >= 11 is 0. The van der Waals surface area contributed by atoms with Gasteiger partial charge < -0.3 is 4.74 Å². The Morgan fingerprint density at radius 1 is 1.63 bits per heavy atom. The number of nitrogens with zero attached hydrogens (tertiary/aromatic N) is 1. The fraction of sp³-hybridized carbons (Fsp3) is 0.600. The molecule has 1 saturated carbocycles. The predicted molar refractivity (Wildman–Crippen MR) is 70.5 cm³/mol. The van der Waals surface area contributed by atoms with Crippen molar-refractivity contribution in [3.05, 3.63) is 29.8 Å². The van der Waals surface area contributed by atoms with Crippen molar-refractivity contribution in [1.29, 1.82) is 0 Å². The van der Waals surface area contributed by atoms with Crippen molar-refractivity contribution in [3.63, 3.8) is 0 Å². The summed E-state index contributed by atoms with van der Waals surface area (Å²) < 4.78 is 19.5. The second-order valence-corrected chi connectivity index (χ2v) is 5.31. The summed E-state index contributed by atoms with van der Waals surface area (Å²) in [5.41, 5.74) is -0.758. The van der Waals surface area contributed by atoms with Gasteiger partial charge in [0.2, 0.25) is 0 Å². The van der Waals surface area contributed by atoms with Crippen molar-refractivity contribution in [2.45, 2.75) is 45.1 Å². The van der Waals surface area contributed by atoms with Crippen LogP contribution in [0.1, 0.15) is 49.9 Å². The molecule has 2 rings (SSSR count). The molecule has 1 heterocycles. The molecule has 1 aromatic rings. The maximum atomic E-state index is 13.8. The van der Waals surface area contributed by atoms with Crippen molar-refractivity contribution in [1.82, 2.24) is 4.98 Å². The molecular formula is C15H20FNO2. The van der Waals surface area contributed by atoms with E-state index < -0.39 is 11.4 Å². The second kappa shape index (κ2) is 5.78. The lowest BCUT2D eigenvalue weighted by Crippen LogP contribution is -2.45. The average Bonchev–Trinajstić information content (AvgIpc) is 2.39. The van der Waals surface area contributed by atoms with E-state index >= 15 is 0 Å². The summed E-state index contributed by atoms with van der Waals surface area (Å²) in [4.78, 5) is 16.4. The molecule has 0 amide bonds. The number of Topliss-reactive ketones (excluding diaryl/α,β-unsaturated/α-hetero) is 1. The summed E-state index contributed by atoms with van der Waals surface area (Å²) in [6, 6.07) is 1.44. The Hall–Kier alpha value is -1.29. The van der Waals surface area contributed by atoms with Crippen LogP contribution in [0.15, 0.2) is 18.5 Å². The molecule has 19 heavy (non-hydrogen) atoms. The van der Waals surface area contributed by atoms with Gasteiger partial charge in [-0.1, -0.05) is 13.3 Å². The number of aromatic nitrogens is 1. The molecule has 0 saturated heterocycles. The minimum Gasteiger partial charge on any atom is -0.367 e. The lowest BCUT2D eigenvalue weighted by Gasteiger charge is -2.38. The highest BCUT2D eigenvalue weighted by Crippen LogP contribution is 2.38. The summed E-state index contributed by atoms with van der Waals surface area (Å²) in [5.74, 6) is -0.375. The Labute approximate surface area is 113 Å². The summed E-state index contributed by atoms with van der Waals surface area (Å²) in [7, 11) is 0. The quantitative estimate of drug-likeness (QED) is 0.783. The Morgan fingerprint density at radius 3 is 3.05 bits per heavy atom. The smallest absolute Gasteiger partial charge is 0.197 e. The van der Waals surface area contributed by atoms with Crippen molar-refractivity contribution >= 4 is 5.78 Å².